The van der Waals surface area contributed by atoms with E-state index in [-0.39, 0.29) is 5.91 Å². The van der Waals surface area contributed by atoms with Crippen LogP contribution in [0.5, 0.6) is 0 Å². The lowest BCUT2D eigenvalue weighted by molar-refractivity contribution is -0.131. The second-order valence-electron chi connectivity index (χ2n) is 8.04. The third kappa shape index (κ3) is 3.36. The van der Waals surface area contributed by atoms with Crippen LogP contribution in [-0.4, -0.2) is 59.5 Å². The van der Waals surface area contributed by atoms with Crippen molar-refractivity contribution in [3.05, 3.63) is 35.0 Å². The van der Waals surface area contributed by atoms with Gasteiger partial charge in [0, 0.05) is 49.5 Å². The maximum absolute atomic E-state index is 12.7. The van der Waals surface area contributed by atoms with Gasteiger partial charge in [-0.05, 0) is 37.6 Å². The third-order valence-electron chi connectivity index (χ3n) is 6.21. The van der Waals surface area contributed by atoms with Gasteiger partial charge in [-0.2, -0.15) is 5.26 Å². The second kappa shape index (κ2) is 7.78. The molecule has 0 saturated carbocycles. The third-order valence-corrected chi connectivity index (χ3v) is 6.49. The molecule has 2 saturated heterocycles. The number of hydrogen-bond acceptors (Lipinski definition) is 5. The Morgan fingerprint density at radius 1 is 1.30 bits per heavy atom. The number of carbonyl (C=O) groups excluding carboxylic acids is 1. The number of nitrogens with one attached hydrogen (secondary N) is 2. The van der Waals surface area contributed by atoms with Crippen LogP contribution in [0.2, 0.25) is 5.02 Å². The van der Waals surface area contributed by atoms with Crippen molar-refractivity contribution < 1.29 is 4.79 Å². The number of nitrogens with zero attached hydrogens (tertiary/aromatic N) is 4. The zero-order valence-electron chi connectivity index (χ0n) is 16.6. The fourth-order valence-electron chi connectivity index (χ4n) is 4.65. The Balaban J connectivity index is 1.42. The summed E-state index contributed by atoms with van der Waals surface area (Å²) in [6.07, 6.45) is 4.49. The first kappa shape index (κ1) is 19.2. The van der Waals surface area contributed by atoms with Crippen LogP contribution in [0.4, 0.5) is 5.69 Å². The van der Waals surface area contributed by atoms with Gasteiger partial charge in [0.25, 0.3) is 0 Å². The summed E-state index contributed by atoms with van der Waals surface area (Å²) in [5, 5.41) is 15.2. The molecule has 0 aliphatic carbocycles. The minimum atomic E-state index is 0.228. The van der Waals surface area contributed by atoms with E-state index in [1.807, 2.05) is 17.0 Å². The standard InChI is InChI=1S/C22H23ClN6O/c23-17-13-26-22-20(16-10-14(12-24)3-4-18(16)27-22)21(17)29-8-6-28(7-9-29)19(30)11-15-2-1-5-25-15/h3-4,10,13,15,25H,1-2,5-9,11H2,(H,26,27)/t15-/m1/s1. The van der Waals surface area contributed by atoms with E-state index < -0.39 is 0 Å². The van der Waals surface area contributed by atoms with Crippen molar-refractivity contribution in [2.75, 3.05) is 37.6 Å². The fourth-order valence-corrected chi connectivity index (χ4v) is 4.91. The Kier molecular flexibility index (Phi) is 4.97. The molecule has 5 rings (SSSR count). The van der Waals surface area contributed by atoms with E-state index in [0.29, 0.717) is 49.2 Å². The van der Waals surface area contributed by atoms with Gasteiger partial charge < -0.3 is 20.1 Å². The summed E-state index contributed by atoms with van der Waals surface area (Å²) < 4.78 is 0. The molecule has 2 aliphatic rings. The summed E-state index contributed by atoms with van der Waals surface area (Å²) >= 11 is 6.61. The van der Waals surface area contributed by atoms with E-state index in [1.54, 1.807) is 12.3 Å². The van der Waals surface area contributed by atoms with E-state index in [9.17, 15) is 10.1 Å². The Bertz CT molecular complexity index is 1150. The van der Waals surface area contributed by atoms with Gasteiger partial charge in [0.2, 0.25) is 5.91 Å². The molecule has 1 atom stereocenters. The van der Waals surface area contributed by atoms with Gasteiger partial charge in [-0.3, -0.25) is 4.79 Å². The summed E-state index contributed by atoms with van der Waals surface area (Å²) in [4.78, 5) is 24.7. The number of hydrogen-bond donors (Lipinski definition) is 2. The molecule has 0 spiro atoms. The number of anilines is 1. The van der Waals surface area contributed by atoms with Gasteiger partial charge in [-0.1, -0.05) is 11.6 Å². The predicted octanol–water partition coefficient (Wildman–Crippen LogP) is 3.03. The van der Waals surface area contributed by atoms with Crippen molar-refractivity contribution in [2.24, 2.45) is 0 Å². The lowest BCUT2D eigenvalue weighted by atomic mass is 10.1. The van der Waals surface area contributed by atoms with Gasteiger partial charge in [0.1, 0.15) is 5.65 Å². The number of aromatic amines is 1. The molecule has 1 amide bonds. The van der Waals surface area contributed by atoms with Crippen LogP contribution in [0.1, 0.15) is 24.8 Å². The van der Waals surface area contributed by atoms with Gasteiger partial charge in [0.05, 0.1) is 33.9 Å². The van der Waals surface area contributed by atoms with E-state index in [1.165, 1.54) is 0 Å². The number of amides is 1. The zero-order chi connectivity index (χ0) is 20.7. The van der Waals surface area contributed by atoms with E-state index in [0.717, 1.165) is 47.0 Å². The molecule has 0 bridgehead atoms. The lowest BCUT2D eigenvalue weighted by Crippen LogP contribution is -2.49. The highest BCUT2D eigenvalue weighted by molar-refractivity contribution is 6.35. The second-order valence-corrected chi connectivity index (χ2v) is 8.45. The molecule has 8 heteroatoms. The first-order chi connectivity index (χ1) is 14.6. The Labute approximate surface area is 179 Å². The minimum absolute atomic E-state index is 0.228. The van der Waals surface area contributed by atoms with Crippen LogP contribution in [-0.2, 0) is 4.79 Å². The van der Waals surface area contributed by atoms with Crippen molar-refractivity contribution in [1.29, 1.82) is 5.26 Å². The van der Waals surface area contributed by atoms with Crippen molar-refractivity contribution in [2.45, 2.75) is 25.3 Å². The van der Waals surface area contributed by atoms with Gasteiger partial charge in [-0.15, -0.1) is 0 Å². The minimum Gasteiger partial charge on any atom is -0.366 e. The summed E-state index contributed by atoms with van der Waals surface area (Å²) in [5.41, 5.74) is 3.21. The van der Waals surface area contributed by atoms with Crippen molar-refractivity contribution in [1.82, 2.24) is 20.2 Å². The van der Waals surface area contributed by atoms with E-state index in [4.69, 9.17) is 11.6 Å². The SMILES string of the molecule is N#Cc1ccc2[nH]c3ncc(Cl)c(N4CCN(C(=O)C[C@H]5CCCN5)CC4)c3c2c1. The highest BCUT2D eigenvalue weighted by Crippen LogP contribution is 2.38. The Hall–Kier alpha value is -2.82. The molecule has 2 aromatic heterocycles. The first-order valence-electron chi connectivity index (χ1n) is 10.4. The molecular weight excluding hydrogens is 400 g/mol. The van der Waals surface area contributed by atoms with Gasteiger partial charge in [-0.25, -0.2) is 4.98 Å². The number of carbonyl (C=O) groups is 1. The fraction of sp³-hybridized carbons (Fsp3) is 0.409. The van der Waals surface area contributed by atoms with E-state index in [2.05, 4.69) is 26.3 Å². The van der Waals surface area contributed by atoms with Crippen LogP contribution in [0.25, 0.3) is 21.9 Å². The molecule has 1 aromatic carbocycles. The molecule has 2 aliphatic heterocycles. The summed E-state index contributed by atoms with van der Waals surface area (Å²) in [5.74, 6) is 0.228. The highest BCUT2D eigenvalue weighted by Gasteiger charge is 2.27. The van der Waals surface area contributed by atoms with Crippen LogP contribution in [0.3, 0.4) is 0 Å². The monoisotopic (exact) mass is 422 g/mol. The molecule has 0 unspecified atom stereocenters. The average Bonchev–Trinajstić information content (AvgIpc) is 3.41. The van der Waals surface area contributed by atoms with Crippen LogP contribution >= 0.6 is 11.6 Å². The first-order valence-corrected chi connectivity index (χ1v) is 10.8. The summed E-state index contributed by atoms with van der Waals surface area (Å²) in [7, 11) is 0. The predicted molar refractivity (Wildman–Crippen MR) is 118 cm³/mol. The van der Waals surface area contributed by atoms with Crippen LogP contribution in [0, 0.1) is 11.3 Å². The van der Waals surface area contributed by atoms with Gasteiger partial charge in [0.15, 0.2) is 0 Å². The zero-order valence-corrected chi connectivity index (χ0v) is 17.4. The van der Waals surface area contributed by atoms with Crippen molar-refractivity contribution in [3.8, 4) is 6.07 Å². The number of pyridine rings is 1. The van der Waals surface area contributed by atoms with Crippen molar-refractivity contribution in [3.63, 3.8) is 0 Å². The Morgan fingerprint density at radius 3 is 2.87 bits per heavy atom. The topological polar surface area (TPSA) is 88.1 Å². The number of rotatable bonds is 3. The maximum Gasteiger partial charge on any atom is 0.224 e. The van der Waals surface area contributed by atoms with E-state index >= 15 is 0 Å². The lowest BCUT2D eigenvalue weighted by Gasteiger charge is -2.37. The number of piperazine rings is 1. The number of nitriles is 1. The summed E-state index contributed by atoms with van der Waals surface area (Å²) in [6, 6.07) is 8.11. The number of benzene rings is 1. The smallest absolute Gasteiger partial charge is 0.224 e. The molecule has 3 aromatic rings. The molecule has 4 heterocycles. The summed E-state index contributed by atoms with van der Waals surface area (Å²) in [6.45, 7) is 3.80. The van der Waals surface area contributed by atoms with Gasteiger partial charge >= 0.3 is 0 Å². The van der Waals surface area contributed by atoms with Crippen LogP contribution in [0.15, 0.2) is 24.4 Å². The molecule has 30 heavy (non-hydrogen) atoms. The normalized spacial score (nSPS) is 19.5. The van der Waals surface area contributed by atoms with Crippen molar-refractivity contribution >= 4 is 45.1 Å². The number of aromatic nitrogens is 2. The largest absolute Gasteiger partial charge is 0.366 e. The average molecular weight is 423 g/mol. The molecule has 2 N–H and O–H groups in total. The molecule has 7 nitrogen and oxygen atoms in total. The number of halogens is 1. The number of H-pyrrole nitrogens is 1. The molecular formula is C22H23ClN6O. The maximum atomic E-state index is 12.7. The highest BCUT2D eigenvalue weighted by atomic mass is 35.5. The quantitative estimate of drug-likeness (QED) is 0.677. The molecule has 0 radical (unpaired) electrons. The van der Waals surface area contributed by atoms with Crippen LogP contribution < -0.4 is 10.2 Å². The molecule has 2 fully saturated rings. The molecule has 154 valence electrons. The number of fused-ring (bicyclic) bond motifs is 3. The Morgan fingerprint density at radius 2 is 2.13 bits per heavy atom.